The van der Waals surface area contributed by atoms with E-state index in [4.69, 9.17) is 11.6 Å². The van der Waals surface area contributed by atoms with Crippen LogP contribution in [0.3, 0.4) is 0 Å². The van der Waals surface area contributed by atoms with Gasteiger partial charge in [0.05, 0.1) is 10.6 Å². The van der Waals surface area contributed by atoms with Gasteiger partial charge in [-0.3, -0.25) is 9.78 Å². The van der Waals surface area contributed by atoms with Crippen molar-refractivity contribution >= 4 is 28.9 Å². The van der Waals surface area contributed by atoms with E-state index in [1.165, 1.54) is 11.8 Å². The molecular formula is C15H14ClN3O. The monoisotopic (exact) mass is 287 g/mol. The van der Waals surface area contributed by atoms with Gasteiger partial charge in [0.1, 0.15) is 0 Å². The molecule has 2 N–H and O–H groups in total. The average Bonchev–Trinajstić information content (AvgIpc) is 2.47. The number of hydrogen-bond donors (Lipinski definition) is 2. The molecule has 0 atom stereocenters. The summed E-state index contributed by atoms with van der Waals surface area (Å²) in [7, 11) is 0. The van der Waals surface area contributed by atoms with Crippen LogP contribution in [0.1, 0.15) is 22.3 Å². The Morgan fingerprint density at radius 2 is 2.25 bits per heavy atom. The normalized spacial score (nSPS) is 13.2. The largest absolute Gasteiger partial charge is 0.385 e. The van der Waals surface area contributed by atoms with Crippen molar-refractivity contribution in [3.05, 3.63) is 52.8 Å². The summed E-state index contributed by atoms with van der Waals surface area (Å²) in [6.45, 7) is 0.973. The molecule has 5 heteroatoms. The molecular weight excluding hydrogens is 274 g/mol. The van der Waals surface area contributed by atoms with Crippen LogP contribution in [0.4, 0.5) is 11.4 Å². The van der Waals surface area contributed by atoms with Gasteiger partial charge in [-0.1, -0.05) is 17.7 Å². The number of halogens is 1. The average molecular weight is 288 g/mol. The molecule has 102 valence electrons. The third kappa shape index (κ3) is 2.60. The molecule has 1 aromatic carbocycles. The van der Waals surface area contributed by atoms with Crippen LogP contribution in [0.15, 0.2) is 36.7 Å². The van der Waals surface area contributed by atoms with Gasteiger partial charge in [-0.15, -0.1) is 0 Å². The Hall–Kier alpha value is -2.07. The topological polar surface area (TPSA) is 54.0 Å². The second kappa shape index (κ2) is 5.51. The Kier molecular flexibility index (Phi) is 3.56. The molecule has 0 radical (unpaired) electrons. The van der Waals surface area contributed by atoms with Crippen molar-refractivity contribution in [2.45, 2.75) is 12.8 Å². The first-order valence-electron chi connectivity index (χ1n) is 6.52. The molecule has 1 amide bonds. The summed E-state index contributed by atoms with van der Waals surface area (Å²) in [5, 5.41) is 6.55. The fraction of sp³-hybridized carbons (Fsp3) is 0.200. The second-order valence-electron chi connectivity index (χ2n) is 4.71. The summed E-state index contributed by atoms with van der Waals surface area (Å²) in [4.78, 5) is 16.0. The molecule has 4 nitrogen and oxygen atoms in total. The molecule has 0 fully saturated rings. The number of nitrogens with one attached hydrogen (secondary N) is 2. The van der Waals surface area contributed by atoms with Crippen LogP contribution >= 0.6 is 11.6 Å². The van der Waals surface area contributed by atoms with Gasteiger partial charge < -0.3 is 10.6 Å². The Labute approximate surface area is 122 Å². The first-order chi connectivity index (χ1) is 9.74. The van der Waals surface area contributed by atoms with Gasteiger partial charge >= 0.3 is 0 Å². The van der Waals surface area contributed by atoms with Crippen molar-refractivity contribution in [2.24, 2.45) is 0 Å². The third-order valence-electron chi connectivity index (χ3n) is 3.32. The van der Waals surface area contributed by atoms with Gasteiger partial charge in [0.25, 0.3) is 5.91 Å². The van der Waals surface area contributed by atoms with E-state index in [1.54, 1.807) is 12.3 Å². The van der Waals surface area contributed by atoms with Gasteiger partial charge in [0, 0.05) is 30.3 Å². The third-order valence-corrected chi connectivity index (χ3v) is 3.62. The smallest absolute Gasteiger partial charge is 0.257 e. The zero-order valence-corrected chi connectivity index (χ0v) is 11.6. The molecule has 1 aliphatic heterocycles. The molecule has 2 aromatic rings. The minimum Gasteiger partial charge on any atom is -0.385 e. The van der Waals surface area contributed by atoms with E-state index in [9.17, 15) is 4.79 Å². The molecule has 0 saturated heterocycles. The number of aryl methyl sites for hydroxylation is 1. The van der Waals surface area contributed by atoms with Gasteiger partial charge in [0.2, 0.25) is 0 Å². The maximum absolute atomic E-state index is 12.2. The maximum Gasteiger partial charge on any atom is 0.257 e. The zero-order chi connectivity index (χ0) is 13.9. The first kappa shape index (κ1) is 12.9. The van der Waals surface area contributed by atoms with E-state index in [0.717, 1.165) is 30.8 Å². The highest BCUT2D eigenvalue weighted by Crippen LogP contribution is 2.26. The lowest BCUT2D eigenvalue weighted by atomic mass is 10.0. The molecule has 2 heterocycles. The summed E-state index contributed by atoms with van der Waals surface area (Å²) >= 11 is 5.97. The molecule has 0 unspecified atom stereocenters. The fourth-order valence-corrected chi connectivity index (χ4v) is 2.50. The number of benzene rings is 1. The molecule has 0 spiro atoms. The van der Waals surface area contributed by atoms with E-state index in [1.807, 2.05) is 18.2 Å². The van der Waals surface area contributed by atoms with Crippen LogP contribution in [0, 0.1) is 0 Å². The van der Waals surface area contributed by atoms with Crippen molar-refractivity contribution in [2.75, 3.05) is 17.2 Å². The number of rotatable bonds is 2. The van der Waals surface area contributed by atoms with Gasteiger partial charge in [0.15, 0.2) is 0 Å². The summed E-state index contributed by atoms with van der Waals surface area (Å²) in [6, 6.07) is 7.53. The van der Waals surface area contributed by atoms with Crippen LogP contribution in [0.2, 0.25) is 5.02 Å². The molecule has 0 aliphatic carbocycles. The number of fused-ring (bicyclic) bond motifs is 1. The highest BCUT2D eigenvalue weighted by Gasteiger charge is 2.12. The van der Waals surface area contributed by atoms with Crippen molar-refractivity contribution < 1.29 is 4.79 Å². The Bertz CT molecular complexity index is 657. The minimum atomic E-state index is -0.229. The van der Waals surface area contributed by atoms with Crippen molar-refractivity contribution in [1.82, 2.24) is 4.98 Å². The molecule has 1 aliphatic rings. The maximum atomic E-state index is 12.2. The zero-order valence-electron chi connectivity index (χ0n) is 10.8. The number of amides is 1. The number of aromatic nitrogens is 1. The van der Waals surface area contributed by atoms with E-state index in [-0.39, 0.29) is 5.91 Å². The fourth-order valence-electron chi connectivity index (χ4n) is 2.30. The minimum absolute atomic E-state index is 0.229. The number of carbonyl (C=O) groups excluding carboxylic acids is 1. The predicted octanol–water partition coefficient (Wildman–Crippen LogP) is 3.35. The van der Waals surface area contributed by atoms with Crippen LogP contribution in [0.25, 0.3) is 0 Å². The molecule has 3 rings (SSSR count). The van der Waals surface area contributed by atoms with E-state index < -0.39 is 0 Å². The summed E-state index contributed by atoms with van der Waals surface area (Å²) in [5.41, 5.74) is 3.56. The number of nitrogens with zero attached hydrogens (tertiary/aromatic N) is 1. The predicted molar refractivity (Wildman–Crippen MR) is 80.5 cm³/mol. The SMILES string of the molecule is O=C(Nc1ccc2c(c1)NCCC2)c1ccncc1Cl. The van der Waals surface area contributed by atoms with Crippen LogP contribution in [-0.2, 0) is 6.42 Å². The van der Waals surface area contributed by atoms with Crippen LogP contribution < -0.4 is 10.6 Å². The Morgan fingerprint density at radius 1 is 1.35 bits per heavy atom. The molecule has 1 aromatic heterocycles. The van der Waals surface area contributed by atoms with E-state index >= 15 is 0 Å². The quantitative estimate of drug-likeness (QED) is 0.891. The van der Waals surface area contributed by atoms with Crippen LogP contribution in [0.5, 0.6) is 0 Å². The highest BCUT2D eigenvalue weighted by atomic mass is 35.5. The van der Waals surface area contributed by atoms with Crippen molar-refractivity contribution in [1.29, 1.82) is 0 Å². The lowest BCUT2D eigenvalue weighted by Crippen LogP contribution is -2.15. The number of hydrogen-bond acceptors (Lipinski definition) is 3. The number of anilines is 2. The van der Waals surface area contributed by atoms with Gasteiger partial charge in [-0.2, -0.15) is 0 Å². The van der Waals surface area contributed by atoms with Gasteiger partial charge in [-0.25, -0.2) is 0 Å². The summed E-state index contributed by atoms with van der Waals surface area (Å²) < 4.78 is 0. The highest BCUT2D eigenvalue weighted by molar-refractivity contribution is 6.34. The summed E-state index contributed by atoms with van der Waals surface area (Å²) in [5.74, 6) is -0.229. The lowest BCUT2D eigenvalue weighted by Gasteiger charge is -2.19. The lowest BCUT2D eigenvalue weighted by molar-refractivity contribution is 0.102. The summed E-state index contributed by atoms with van der Waals surface area (Å²) in [6.07, 6.45) is 5.23. The molecule has 0 saturated carbocycles. The second-order valence-corrected chi connectivity index (χ2v) is 5.12. The van der Waals surface area contributed by atoms with Crippen molar-refractivity contribution in [3.8, 4) is 0 Å². The molecule has 20 heavy (non-hydrogen) atoms. The van der Waals surface area contributed by atoms with Gasteiger partial charge in [-0.05, 0) is 36.6 Å². The van der Waals surface area contributed by atoms with E-state index in [2.05, 4.69) is 15.6 Å². The molecule has 0 bridgehead atoms. The van der Waals surface area contributed by atoms with Crippen molar-refractivity contribution in [3.63, 3.8) is 0 Å². The first-order valence-corrected chi connectivity index (χ1v) is 6.89. The Balaban J connectivity index is 1.81. The Morgan fingerprint density at radius 3 is 3.10 bits per heavy atom. The number of pyridine rings is 1. The number of carbonyl (C=O) groups is 1. The van der Waals surface area contributed by atoms with E-state index in [0.29, 0.717) is 10.6 Å². The van der Waals surface area contributed by atoms with Crippen LogP contribution in [-0.4, -0.2) is 17.4 Å². The standard InChI is InChI=1S/C15H14ClN3O/c16-13-9-17-7-5-12(13)15(20)19-11-4-3-10-2-1-6-18-14(10)8-11/h3-5,7-9,18H,1-2,6H2,(H,19,20).